The van der Waals surface area contributed by atoms with Gasteiger partial charge in [-0.3, -0.25) is 4.68 Å². The zero-order valence-corrected chi connectivity index (χ0v) is 11.1. The fourth-order valence-electron chi connectivity index (χ4n) is 2.02. The van der Waals surface area contributed by atoms with E-state index < -0.39 is 6.10 Å². The summed E-state index contributed by atoms with van der Waals surface area (Å²) in [6.07, 6.45) is -0.265. The normalized spacial score (nSPS) is 12.7. The highest BCUT2D eigenvalue weighted by atomic mass is 35.5. The lowest BCUT2D eigenvalue weighted by Gasteiger charge is -2.13. The van der Waals surface area contributed by atoms with Crippen LogP contribution >= 0.6 is 11.6 Å². The van der Waals surface area contributed by atoms with Gasteiger partial charge in [0.1, 0.15) is 5.15 Å². The molecule has 3 N–H and O–H groups in total. The summed E-state index contributed by atoms with van der Waals surface area (Å²) < 4.78 is 1.60. The standard InChI is InChI=1S/C13H16ClN3O/c1-8-10(13(14)17(2)16-8)7-12(18)9-5-3-4-6-11(9)15/h3-6,12,18H,7,15H2,1-2H3. The van der Waals surface area contributed by atoms with E-state index in [1.165, 1.54) is 0 Å². The summed E-state index contributed by atoms with van der Waals surface area (Å²) in [7, 11) is 1.78. The van der Waals surface area contributed by atoms with Gasteiger partial charge in [-0.15, -0.1) is 0 Å². The third kappa shape index (κ3) is 2.35. The molecule has 0 radical (unpaired) electrons. The van der Waals surface area contributed by atoms with Crippen LogP contribution in [0.1, 0.15) is 22.9 Å². The van der Waals surface area contributed by atoms with Crippen molar-refractivity contribution in [1.82, 2.24) is 9.78 Å². The first-order valence-corrected chi connectivity index (χ1v) is 6.09. The Morgan fingerprint density at radius 1 is 1.44 bits per heavy atom. The van der Waals surface area contributed by atoms with Gasteiger partial charge in [-0.05, 0) is 13.0 Å². The van der Waals surface area contributed by atoms with E-state index in [1.54, 1.807) is 17.8 Å². The molecule has 0 amide bonds. The highest BCUT2D eigenvalue weighted by Gasteiger charge is 2.17. The molecule has 0 aliphatic carbocycles. The van der Waals surface area contributed by atoms with Crippen molar-refractivity contribution >= 4 is 17.3 Å². The van der Waals surface area contributed by atoms with E-state index in [2.05, 4.69) is 5.10 Å². The van der Waals surface area contributed by atoms with E-state index in [9.17, 15) is 5.11 Å². The van der Waals surface area contributed by atoms with E-state index in [-0.39, 0.29) is 0 Å². The molecule has 0 bridgehead atoms. The minimum atomic E-state index is -0.674. The second kappa shape index (κ2) is 5.00. The van der Waals surface area contributed by atoms with Crippen molar-refractivity contribution in [2.45, 2.75) is 19.4 Å². The molecule has 0 spiro atoms. The number of aliphatic hydroxyl groups is 1. The van der Waals surface area contributed by atoms with Crippen molar-refractivity contribution in [2.75, 3.05) is 5.73 Å². The largest absolute Gasteiger partial charge is 0.398 e. The minimum Gasteiger partial charge on any atom is -0.398 e. The van der Waals surface area contributed by atoms with Crippen molar-refractivity contribution in [3.8, 4) is 0 Å². The third-order valence-corrected chi connectivity index (χ3v) is 3.50. The molecule has 2 aromatic rings. The molecular weight excluding hydrogens is 250 g/mol. The van der Waals surface area contributed by atoms with Gasteiger partial charge in [-0.2, -0.15) is 5.10 Å². The molecule has 1 aromatic heterocycles. The van der Waals surface area contributed by atoms with Crippen LogP contribution in [0.2, 0.25) is 5.15 Å². The summed E-state index contributed by atoms with van der Waals surface area (Å²) in [4.78, 5) is 0. The first-order chi connectivity index (χ1) is 8.50. The quantitative estimate of drug-likeness (QED) is 0.837. The monoisotopic (exact) mass is 265 g/mol. The highest BCUT2D eigenvalue weighted by molar-refractivity contribution is 6.30. The zero-order chi connectivity index (χ0) is 13.3. The van der Waals surface area contributed by atoms with Gasteiger partial charge in [0, 0.05) is 30.3 Å². The number of rotatable bonds is 3. The molecule has 1 atom stereocenters. The maximum atomic E-state index is 10.2. The number of nitrogen functional groups attached to an aromatic ring is 1. The Kier molecular flexibility index (Phi) is 3.59. The summed E-state index contributed by atoms with van der Waals surface area (Å²) in [6, 6.07) is 7.29. The minimum absolute atomic E-state index is 0.409. The molecule has 1 heterocycles. The summed E-state index contributed by atoms with van der Waals surface area (Å²) in [5.41, 5.74) is 8.83. The van der Waals surface area contributed by atoms with E-state index in [4.69, 9.17) is 17.3 Å². The summed E-state index contributed by atoms with van der Waals surface area (Å²) in [5, 5.41) is 15.0. The number of halogens is 1. The van der Waals surface area contributed by atoms with Crippen molar-refractivity contribution in [3.05, 3.63) is 46.2 Å². The van der Waals surface area contributed by atoms with Gasteiger partial charge < -0.3 is 10.8 Å². The van der Waals surface area contributed by atoms with Crippen LogP contribution in [-0.2, 0) is 13.5 Å². The molecule has 1 aromatic carbocycles. The molecular formula is C13H16ClN3O. The lowest BCUT2D eigenvalue weighted by Crippen LogP contribution is -2.06. The summed E-state index contributed by atoms with van der Waals surface area (Å²) in [5.74, 6) is 0. The predicted octanol–water partition coefficient (Wildman–Crippen LogP) is 2.24. The van der Waals surface area contributed by atoms with Gasteiger partial charge in [0.2, 0.25) is 0 Å². The van der Waals surface area contributed by atoms with Crippen molar-refractivity contribution in [3.63, 3.8) is 0 Å². The Hall–Kier alpha value is -1.52. The van der Waals surface area contributed by atoms with Crippen LogP contribution in [0, 0.1) is 6.92 Å². The van der Waals surface area contributed by atoms with Gasteiger partial charge in [-0.25, -0.2) is 0 Å². The Balaban J connectivity index is 2.27. The van der Waals surface area contributed by atoms with Gasteiger partial charge in [0.25, 0.3) is 0 Å². The molecule has 0 fully saturated rings. The van der Waals surface area contributed by atoms with E-state index in [0.29, 0.717) is 17.3 Å². The van der Waals surface area contributed by atoms with Crippen molar-refractivity contribution in [2.24, 2.45) is 7.05 Å². The van der Waals surface area contributed by atoms with E-state index in [1.807, 2.05) is 25.1 Å². The van der Waals surface area contributed by atoms with Crippen LogP contribution in [0.25, 0.3) is 0 Å². The number of aliphatic hydroxyl groups excluding tert-OH is 1. The van der Waals surface area contributed by atoms with Crippen LogP contribution in [0.3, 0.4) is 0 Å². The second-order valence-corrected chi connectivity index (χ2v) is 4.69. The number of para-hydroxylation sites is 1. The molecule has 0 saturated carbocycles. The average molecular weight is 266 g/mol. The Morgan fingerprint density at radius 2 is 2.11 bits per heavy atom. The fourth-order valence-corrected chi connectivity index (χ4v) is 2.28. The third-order valence-electron chi connectivity index (χ3n) is 3.02. The molecule has 5 heteroatoms. The molecule has 96 valence electrons. The number of nitrogens with zero attached hydrogens (tertiary/aromatic N) is 2. The van der Waals surface area contributed by atoms with Crippen LogP contribution in [0.5, 0.6) is 0 Å². The molecule has 2 rings (SSSR count). The van der Waals surface area contributed by atoms with Gasteiger partial charge >= 0.3 is 0 Å². The SMILES string of the molecule is Cc1nn(C)c(Cl)c1CC(O)c1ccccc1N. The van der Waals surface area contributed by atoms with Crippen molar-refractivity contribution < 1.29 is 5.11 Å². The first-order valence-electron chi connectivity index (χ1n) is 5.71. The lowest BCUT2D eigenvalue weighted by molar-refractivity contribution is 0.179. The predicted molar refractivity (Wildman–Crippen MR) is 72.5 cm³/mol. The number of anilines is 1. The highest BCUT2D eigenvalue weighted by Crippen LogP contribution is 2.28. The molecule has 0 aliphatic heterocycles. The Morgan fingerprint density at radius 3 is 2.67 bits per heavy atom. The smallest absolute Gasteiger partial charge is 0.130 e. The number of benzene rings is 1. The Labute approximate surface area is 111 Å². The van der Waals surface area contributed by atoms with Crippen LogP contribution in [0.15, 0.2) is 24.3 Å². The maximum Gasteiger partial charge on any atom is 0.130 e. The number of aromatic nitrogens is 2. The molecule has 0 saturated heterocycles. The molecule has 4 nitrogen and oxygen atoms in total. The number of aryl methyl sites for hydroxylation is 2. The second-order valence-electron chi connectivity index (χ2n) is 4.33. The van der Waals surface area contributed by atoms with Gasteiger partial charge in [-0.1, -0.05) is 29.8 Å². The number of hydrogen-bond donors (Lipinski definition) is 2. The Bertz CT molecular complexity index is 565. The maximum absolute atomic E-state index is 10.2. The van der Waals surface area contributed by atoms with Crippen LogP contribution < -0.4 is 5.73 Å². The van der Waals surface area contributed by atoms with Gasteiger partial charge in [0.05, 0.1) is 11.8 Å². The van der Waals surface area contributed by atoms with Crippen molar-refractivity contribution in [1.29, 1.82) is 0 Å². The average Bonchev–Trinajstić information content (AvgIpc) is 2.56. The first kappa shape index (κ1) is 12.9. The van der Waals surface area contributed by atoms with E-state index in [0.717, 1.165) is 16.8 Å². The van der Waals surface area contributed by atoms with E-state index >= 15 is 0 Å². The molecule has 1 unspecified atom stereocenters. The number of hydrogen-bond acceptors (Lipinski definition) is 3. The van der Waals surface area contributed by atoms with Gasteiger partial charge in [0.15, 0.2) is 0 Å². The fraction of sp³-hybridized carbons (Fsp3) is 0.308. The number of nitrogens with two attached hydrogens (primary N) is 1. The van der Waals surface area contributed by atoms with Crippen LogP contribution in [-0.4, -0.2) is 14.9 Å². The van der Waals surface area contributed by atoms with Crippen LogP contribution in [0.4, 0.5) is 5.69 Å². The zero-order valence-electron chi connectivity index (χ0n) is 10.4. The molecule has 0 aliphatic rings. The lowest BCUT2D eigenvalue weighted by atomic mass is 10.0. The topological polar surface area (TPSA) is 64.1 Å². The summed E-state index contributed by atoms with van der Waals surface area (Å²) in [6.45, 7) is 1.88. The summed E-state index contributed by atoms with van der Waals surface area (Å²) >= 11 is 6.14. The molecule has 18 heavy (non-hydrogen) atoms.